The molecule has 2 N–H and O–H groups in total. The number of benzene rings is 1. The molecule has 21 heavy (non-hydrogen) atoms. The fraction of sp³-hybridized carbons (Fsp3) is 0.429. The topological polar surface area (TPSA) is 69.6 Å². The quantitative estimate of drug-likeness (QED) is 0.783. The number of hydrogen-bond acceptors (Lipinski definition) is 3. The summed E-state index contributed by atoms with van der Waals surface area (Å²) in [6, 6.07) is 4.01. The van der Waals surface area contributed by atoms with E-state index in [1.165, 1.54) is 16.4 Å². The molecule has 0 atom stereocenters. The van der Waals surface area contributed by atoms with E-state index in [0.717, 1.165) is 6.07 Å². The summed E-state index contributed by atoms with van der Waals surface area (Å²) in [6.07, 6.45) is 0.304. The van der Waals surface area contributed by atoms with Gasteiger partial charge in [0, 0.05) is 25.1 Å². The maximum Gasteiger partial charge on any atom is 0.301 e. The molecule has 1 aromatic carbocycles. The van der Waals surface area contributed by atoms with Gasteiger partial charge in [-0.25, -0.2) is 4.39 Å². The zero-order valence-electron chi connectivity index (χ0n) is 12.1. The Balaban J connectivity index is 2.94. The molecule has 7 heteroatoms. The van der Waals surface area contributed by atoms with Gasteiger partial charge < -0.3 is 5.11 Å². The fourth-order valence-electron chi connectivity index (χ4n) is 1.66. The van der Waals surface area contributed by atoms with Crippen LogP contribution in [0.25, 0.3) is 0 Å². The van der Waals surface area contributed by atoms with Crippen LogP contribution in [-0.2, 0) is 10.2 Å². The Morgan fingerprint density at radius 3 is 2.52 bits per heavy atom. The highest BCUT2D eigenvalue weighted by molar-refractivity contribution is 7.90. The summed E-state index contributed by atoms with van der Waals surface area (Å²) < 4.78 is 41.3. The Hall–Kier alpha value is -1.62. The van der Waals surface area contributed by atoms with Crippen molar-refractivity contribution in [3.63, 3.8) is 0 Å². The van der Waals surface area contributed by atoms with Crippen LogP contribution in [0.5, 0.6) is 0 Å². The van der Waals surface area contributed by atoms with Gasteiger partial charge in [-0.15, -0.1) is 0 Å². The molecule has 0 saturated heterocycles. The normalized spacial score (nSPS) is 11.1. The molecular weight excluding hydrogens is 295 g/mol. The van der Waals surface area contributed by atoms with E-state index in [1.807, 2.05) is 0 Å². The second kappa shape index (κ2) is 7.98. The summed E-state index contributed by atoms with van der Waals surface area (Å²) in [4.78, 5) is 0. The van der Waals surface area contributed by atoms with E-state index >= 15 is 0 Å². The maximum atomic E-state index is 13.9. The number of rotatable bonds is 6. The van der Waals surface area contributed by atoms with Gasteiger partial charge in [0.25, 0.3) is 0 Å². The monoisotopic (exact) mass is 314 g/mol. The predicted molar refractivity (Wildman–Crippen MR) is 80.4 cm³/mol. The van der Waals surface area contributed by atoms with Gasteiger partial charge in [0.15, 0.2) is 0 Å². The third-order valence-electron chi connectivity index (χ3n) is 2.72. The van der Waals surface area contributed by atoms with Gasteiger partial charge in [-0.2, -0.15) is 12.7 Å². The first-order valence-corrected chi connectivity index (χ1v) is 8.05. The highest BCUT2D eigenvalue weighted by Gasteiger charge is 2.19. The van der Waals surface area contributed by atoms with Crippen LogP contribution in [0, 0.1) is 17.7 Å². The highest BCUT2D eigenvalue weighted by Crippen LogP contribution is 2.18. The number of aliphatic hydroxyl groups is 1. The minimum Gasteiger partial charge on any atom is -0.395 e. The van der Waals surface area contributed by atoms with Crippen molar-refractivity contribution < 1.29 is 17.9 Å². The molecule has 0 aromatic heterocycles. The van der Waals surface area contributed by atoms with Crippen LogP contribution in [0.15, 0.2) is 18.2 Å². The first-order valence-electron chi connectivity index (χ1n) is 6.61. The fourth-order valence-corrected chi connectivity index (χ4v) is 2.92. The molecular formula is C14H19FN2O3S. The molecule has 0 aliphatic carbocycles. The van der Waals surface area contributed by atoms with Crippen LogP contribution < -0.4 is 4.72 Å². The summed E-state index contributed by atoms with van der Waals surface area (Å²) in [5.41, 5.74) is 0.307. The Kier molecular flexibility index (Phi) is 6.62. The predicted octanol–water partition coefficient (Wildman–Crippen LogP) is 1.56. The van der Waals surface area contributed by atoms with Gasteiger partial charge in [0.2, 0.25) is 0 Å². The Bertz CT molecular complexity index is 631. The molecule has 0 aliphatic heterocycles. The molecule has 0 heterocycles. The van der Waals surface area contributed by atoms with E-state index in [2.05, 4.69) is 16.6 Å². The Labute approximate surface area is 125 Å². The number of aliphatic hydroxyl groups excluding tert-OH is 1. The Morgan fingerprint density at radius 2 is 2.00 bits per heavy atom. The minimum atomic E-state index is -3.76. The van der Waals surface area contributed by atoms with Gasteiger partial charge in [-0.3, -0.25) is 4.72 Å². The molecule has 0 amide bonds. The molecule has 0 saturated carbocycles. The summed E-state index contributed by atoms with van der Waals surface area (Å²) in [5.74, 6) is 4.66. The molecule has 5 nitrogen and oxygen atoms in total. The molecule has 116 valence electrons. The van der Waals surface area contributed by atoms with Crippen LogP contribution in [0.1, 0.15) is 25.8 Å². The molecule has 0 fully saturated rings. The lowest BCUT2D eigenvalue weighted by molar-refractivity contribution is 0.305. The third-order valence-corrected chi connectivity index (χ3v) is 4.40. The molecule has 1 aromatic rings. The lowest BCUT2D eigenvalue weighted by Gasteiger charge is -2.19. The van der Waals surface area contributed by atoms with Crippen LogP contribution in [0.2, 0.25) is 0 Å². The maximum absolute atomic E-state index is 13.9. The van der Waals surface area contributed by atoms with Crippen LogP contribution >= 0.6 is 0 Å². The van der Waals surface area contributed by atoms with E-state index in [1.54, 1.807) is 13.8 Å². The second-order valence-corrected chi connectivity index (χ2v) is 5.83. The van der Waals surface area contributed by atoms with E-state index in [9.17, 15) is 12.8 Å². The van der Waals surface area contributed by atoms with Crippen molar-refractivity contribution in [2.75, 3.05) is 24.4 Å². The molecule has 1 rings (SSSR count). The molecule has 0 bridgehead atoms. The van der Waals surface area contributed by atoms with Crippen molar-refractivity contribution in [1.82, 2.24) is 4.31 Å². The number of nitrogens with zero attached hydrogens (tertiary/aromatic N) is 1. The standard InChI is InChI=1S/C14H19FN2O3S/c1-3-17(4-2)21(19,20)16-14-9-8-12(11-13(14)15)7-5-6-10-18/h8-9,11,16,18H,3-4,6,10H2,1-2H3. The molecule has 0 unspecified atom stereocenters. The first kappa shape index (κ1) is 17.4. The van der Waals surface area contributed by atoms with Crippen molar-refractivity contribution in [3.8, 4) is 11.8 Å². The van der Waals surface area contributed by atoms with Gasteiger partial charge in [0.05, 0.1) is 12.3 Å². The summed E-state index contributed by atoms with van der Waals surface area (Å²) >= 11 is 0. The van der Waals surface area contributed by atoms with Crippen molar-refractivity contribution in [2.45, 2.75) is 20.3 Å². The van der Waals surface area contributed by atoms with Gasteiger partial charge in [-0.1, -0.05) is 25.7 Å². The van der Waals surface area contributed by atoms with Crippen molar-refractivity contribution in [1.29, 1.82) is 0 Å². The number of halogens is 1. The summed E-state index contributed by atoms with van der Waals surface area (Å²) in [5, 5.41) is 8.61. The van der Waals surface area contributed by atoms with Crippen molar-refractivity contribution in [2.24, 2.45) is 0 Å². The highest BCUT2D eigenvalue weighted by atomic mass is 32.2. The zero-order chi connectivity index (χ0) is 15.9. The van der Waals surface area contributed by atoms with E-state index < -0.39 is 16.0 Å². The van der Waals surface area contributed by atoms with Crippen LogP contribution in [0.4, 0.5) is 10.1 Å². The Morgan fingerprint density at radius 1 is 1.33 bits per heavy atom. The minimum absolute atomic E-state index is 0.0583. The molecule has 0 spiro atoms. The van der Waals surface area contributed by atoms with Gasteiger partial charge in [0.1, 0.15) is 5.82 Å². The lowest BCUT2D eigenvalue weighted by atomic mass is 10.2. The summed E-state index contributed by atoms with van der Waals surface area (Å²) in [6.45, 7) is 3.96. The van der Waals surface area contributed by atoms with Gasteiger partial charge >= 0.3 is 10.2 Å². The lowest BCUT2D eigenvalue weighted by Crippen LogP contribution is -2.35. The van der Waals surface area contributed by atoms with E-state index in [4.69, 9.17) is 5.11 Å². The average Bonchev–Trinajstić information content (AvgIpc) is 2.43. The molecule has 0 aliphatic rings. The van der Waals surface area contributed by atoms with E-state index in [-0.39, 0.29) is 12.3 Å². The number of anilines is 1. The van der Waals surface area contributed by atoms with Crippen molar-refractivity contribution in [3.05, 3.63) is 29.6 Å². The average molecular weight is 314 g/mol. The van der Waals surface area contributed by atoms with Crippen molar-refractivity contribution >= 4 is 15.9 Å². The molecule has 0 radical (unpaired) electrons. The SMILES string of the molecule is CCN(CC)S(=O)(=O)Nc1ccc(C#CCCO)cc1F. The third kappa shape index (κ3) is 5.01. The first-order chi connectivity index (χ1) is 9.94. The van der Waals surface area contributed by atoms with Crippen LogP contribution in [0.3, 0.4) is 0 Å². The summed E-state index contributed by atoms with van der Waals surface area (Å²) in [7, 11) is -3.76. The largest absolute Gasteiger partial charge is 0.395 e. The van der Waals surface area contributed by atoms with E-state index in [0.29, 0.717) is 25.1 Å². The number of nitrogens with one attached hydrogen (secondary N) is 1. The van der Waals surface area contributed by atoms with Gasteiger partial charge in [-0.05, 0) is 18.2 Å². The smallest absolute Gasteiger partial charge is 0.301 e. The number of hydrogen-bond donors (Lipinski definition) is 2. The van der Waals surface area contributed by atoms with Crippen LogP contribution in [-0.4, -0.2) is 37.5 Å². The zero-order valence-corrected chi connectivity index (χ0v) is 12.9. The second-order valence-electron chi connectivity index (χ2n) is 4.16.